The summed E-state index contributed by atoms with van der Waals surface area (Å²) >= 11 is 0.696. The van der Waals surface area contributed by atoms with Crippen LogP contribution in [0, 0.1) is 10.1 Å². The molecular formula is C16H20ClN3O4S2. The standard InChI is InChI=1S/C16H19N3O4S2.ClH/c1-2-12-3-5-13(6-4-12)14-11-17-9-10-18(14)25(22,23)16-8-7-15(24-16)19(20)21;/h3-8,14,17H,2,9-11H2,1H3;1H. The van der Waals surface area contributed by atoms with Crippen molar-refractivity contribution in [1.29, 1.82) is 0 Å². The molecule has 142 valence electrons. The molecule has 0 radical (unpaired) electrons. The predicted octanol–water partition coefficient (Wildman–Crippen LogP) is 2.98. The van der Waals surface area contributed by atoms with Crippen LogP contribution in [0.2, 0.25) is 0 Å². The lowest BCUT2D eigenvalue weighted by atomic mass is 10.0. The molecule has 1 saturated heterocycles. The van der Waals surface area contributed by atoms with Crippen LogP contribution >= 0.6 is 23.7 Å². The van der Waals surface area contributed by atoms with E-state index in [1.165, 1.54) is 22.0 Å². The van der Waals surface area contributed by atoms with Crippen LogP contribution < -0.4 is 5.32 Å². The van der Waals surface area contributed by atoms with E-state index in [0.29, 0.717) is 31.0 Å². The SMILES string of the molecule is CCc1ccc(C2CNCCN2S(=O)(=O)c2ccc([N+](=O)[O-])s2)cc1.Cl. The summed E-state index contributed by atoms with van der Waals surface area (Å²) in [5, 5.41) is 13.9. The van der Waals surface area contributed by atoms with Crippen molar-refractivity contribution in [3.05, 3.63) is 57.6 Å². The molecule has 0 bridgehead atoms. The summed E-state index contributed by atoms with van der Waals surface area (Å²) < 4.78 is 27.5. The Bertz CT molecular complexity index is 868. The average molecular weight is 418 g/mol. The minimum Gasteiger partial charge on any atom is -0.313 e. The number of thiophene rings is 1. The van der Waals surface area contributed by atoms with Gasteiger partial charge in [-0.05, 0) is 35.0 Å². The lowest BCUT2D eigenvalue weighted by Gasteiger charge is -2.35. The van der Waals surface area contributed by atoms with E-state index < -0.39 is 14.9 Å². The summed E-state index contributed by atoms with van der Waals surface area (Å²) in [5.74, 6) is 0. The van der Waals surface area contributed by atoms with Gasteiger partial charge in [-0.3, -0.25) is 10.1 Å². The Kier molecular flexibility index (Phi) is 6.75. The minimum atomic E-state index is -3.78. The van der Waals surface area contributed by atoms with Crippen molar-refractivity contribution in [2.45, 2.75) is 23.6 Å². The molecule has 10 heteroatoms. The van der Waals surface area contributed by atoms with E-state index in [-0.39, 0.29) is 27.7 Å². The van der Waals surface area contributed by atoms with Gasteiger partial charge in [-0.15, -0.1) is 12.4 Å². The van der Waals surface area contributed by atoms with Crippen molar-refractivity contribution in [1.82, 2.24) is 9.62 Å². The molecule has 1 aliphatic rings. The maximum atomic E-state index is 13.0. The van der Waals surface area contributed by atoms with E-state index in [0.717, 1.165) is 12.0 Å². The molecule has 1 atom stereocenters. The molecular weight excluding hydrogens is 398 g/mol. The van der Waals surface area contributed by atoms with Crippen molar-refractivity contribution in [3.8, 4) is 0 Å². The van der Waals surface area contributed by atoms with Crippen molar-refractivity contribution in [2.75, 3.05) is 19.6 Å². The highest BCUT2D eigenvalue weighted by Crippen LogP contribution is 2.34. The first-order valence-electron chi connectivity index (χ1n) is 7.99. The van der Waals surface area contributed by atoms with E-state index in [9.17, 15) is 18.5 Å². The Hall–Kier alpha value is -1.52. The fourth-order valence-corrected chi connectivity index (χ4v) is 5.75. The predicted molar refractivity (Wildman–Crippen MR) is 104 cm³/mol. The molecule has 2 heterocycles. The second-order valence-electron chi connectivity index (χ2n) is 5.78. The number of rotatable bonds is 5. The fourth-order valence-electron chi connectivity index (χ4n) is 2.90. The van der Waals surface area contributed by atoms with Gasteiger partial charge in [0, 0.05) is 25.7 Å². The first-order chi connectivity index (χ1) is 11.9. The monoisotopic (exact) mass is 417 g/mol. The highest BCUT2D eigenvalue weighted by molar-refractivity contribution is 7.91. The van der Waals surface area contributed by atoms with Crippen LogP contribution in [0.3, 0.4) is 0 Å². The van der Waals surface area contributed by atoms with Gasteiger partial charge in [-0.1, -0.05) is 31.2 Å². The van der Waals surface area contributed by atoms with Gasteiger partial charge in [0.2, 0.25) is 0 Å². The summed E-state index contributed by atoms with van der Waals surface area (Å²) in [6.07, 6.45) is 0.921. The molecule has 0 amide bonds. The number of nitro groups is 1. The van der Waals surface area contributed by atoms with E-state index in [4.69, 9.17) is 0 Å². The average Bonchev–Trinajstić information content (AvgIpc) is 3.13. The third-order valence-corrected chi connectivity index (χ3v) is 7.69. The third kappa shape index (κ3) is 4.07. The summed E-state index contributed by atoms with van der Waals surface area (Å²) in [7, 11) is -3.78. The lowest BCUT2D eigenvalue weighted by molar-refractivity contribution is -0.380. The Morgan fingerprint density at radius 1 is 1.27 bits per heavy atom. The highest BCUT2D eigenvalue weighted by Gasteiger charge is 2.36. The molecule has 0 saturated carbocycles. The topological polar surface area (TPSA) is 92.6 Å². The number of nitrogens with one attached hydrogen (secondary N) is 1. The molecule has 1 fully saturated rings. The first kappa shape index (κ1) is 20.8. The van der Waals surface area contributed by atoms with Crippen molar-refractivity contribution < 1.29 is 13.3 Å². The van der Waals surface area contributed by atoms with Gasteiger partial charge >= 0.3 is 5.00 Å². The third-order valence-electron chi connectivity index (χ3n) is 4.28. The Morgan fingerprint density at radius 2 is 1.96 bits per heavy atom. The summed E-state index contributed by atoms with van der Waals surface area (Å²) in [6, 6.07) is 10.1. The maximum Gasteiger partial charge on any atom is 0.325 e. The molecule has 1 aromatic heterocycles. The molecule has 0 spiro atoms. The van der Waals surface area contributed by atoms with Gasteiger partial charge in [0.1, 0.15) is 4.21 Å². The van der Waals surface area contributed by atoms with Crippen molar-refractivity contribution in [3.63, 3.8) is 0 Å². The van der Waals surface area contributed by atoms with E-state index in [2.05, 4.69) is 12.2 Å². The molecule has 1 unspecified atom stereocenters. The Morgan fingerprint density at radius 3 is 2.54 bits per heavy atom. The highest BCUT2D eigenvalue weighted by atomic mass is 35.5. The maximum absolute atomic E-state index is 13.0. The molecule has 1 aliphatic heterocycles. The number of hydrogen-bond acceptors (Lipinski definition) is 6. The first-order valence-corrected chi connectivity index (χ1v) is 10.2. The van der Waals surface area contributed by atoms with Gasteiger partial charge in [0.05, 0.1) is 11.0 Å². The molecule has 1 aromatic carbocycles. The molecule has 3 rings (SSSR count). The van der Waals surface area contributed by atoms with Crippen LogP contribution in [0.25, 0.3) is 0 Å². The lowest BCUT2D eigenvalue weighted by Crippen LogP contribution is -2.48. The zero-order valence-electron chi connectivity index (χ0n) is 14.1. The minimum absolute atomic E-state index is 0. The second-order valence-corrected chi connectivity index (χ2v) is 8.96. The molecule has 1 N–H and O–H groups in total. The van der Waals surface area contributed by atoms with E-state index in [1.54, 1.807) is 0 Å². The smallest absolute Gasteiger partial charge is 0.313 e. The quantitative estimate of drug-likeness (QED) is 0.596. The summed E-state index contributed by atoms with van der Waals surface area (Å²) in [6.45, 7) is 3.46. The second kappa shape index (κ2) is 8.45. The van der Waals surface area contributed by atoms with E-state index in [1.807, 2.05) is 24.3 Å². The summed E-state index contributed by atoms with van der Waals surface area (Å²) in [4.78, 5) is 10.3. The van der Waals surface area contributed by atoms with E-state index >= 15 is 0 Å². The van der Waals surface area contributed by atoms with Crippen LogP contribution in [0.1, 0.15) is 24.1 Å². The number of halogens is 1. The van der Waals surface area contributed by atoms with Gasteiger partial charge in [0.15, 0.2) is 0 Å². The van der Waals surface area contributed by atoms with Crippen LogP contribution in [-0.4, -0.2) is 37.3 Å². The normalized spacial score (nSPS) is 18.3. The number of aryl methyl sites for hydroxylation is 1. The number of benzene rings is 1. The molecule has 26 heavy (non-hydrogen) atoms. The van der Waals surface area contributed by atoms with Crippen molar-refractivity contribution >= 4 is 38.8 Å². The Labute approximate surface area is 162 Å². The molecule has 2 aromatic rings. The Balaban J connectivity index is 0.00000243. The van der Waals surface area contributed by atoms with Gasteiger partial charge in [-0.2, -0.15) is 4.31 Å². The summed E-state index contributed by atoms with van der Waals surface area (Å²) in [5.41, 5.74) is 2.11. The largest absolute Gasteiger partial charge is 0.325 e. The van der Waals surface area contributed by atoms with Crippen LogP contribution in [0.5, 0.6) is 0 Å². The number of hydrogen-bond donors (Lipinski definition) is 1. The van der Waals surface area contributed by atoms with Crippen LogP contribution in [-0.2, 0) is 16.4 Å². The van der Waals surface area contributed by atoms with Crippen molar-refractivity contribution in [2.24, 2.45) is 0 Å². The molecule has 7 nitrogen and oxygen atoms in total. The number of piperazine rings is 1. The number of sulfonamides is 1. The zero-order chi connectivity index (χ0) is 18.0. The van der Waals surface area contributed by atoms with Gasteiger partial charge in [-0.25, -0.2) is 8.42 Å². The van der Waals surface area contributed by atoms with Gasteiger partial charge in [0.25, 0.3) is 10.0 Å². The fraction of sp³-hybridized carbons (Fsp3) is 0.375. The van der Waals surface area contributed by atoms with Crippen LogP contribution in [0.15, 0.2) is 40.6 Å². The number of nitrogens with zero attached hydrogens (tertiary/aromatic N) is 2. The van der Waals surface area contributed by atoms with Crippen LogP contribution in [0.4, 0.5) is 5.00 Å². The zero-order valence-corrected chi connectivity index (χ0v) is 16.6. The van der Waals surface area contributed by atoms with Gasteiger partial charge < -0.3 is 5.32 Å². The molecule has 0 aliphatic carbocycles.